The Balaban J connectivity index is 2.29. The maximum Gasteiger partial charge on any atom is 0.169 e. The molecular weight excluding hydrogens is 334 g/mol. The fourth-order valence-electron chi connectivity index (χ4n) is 1.90. The highest BCUT2D eigenvalue weighted by Crippen LogP contribution is 2.36. The van der Waals surface area contributed by atoms with E-state index in [0.29, 0.717) is 17.2 Å². The Bertz CT molecular complexity index is 629. The van der Waals surface area contributed by atoms with Crippen LogP contribution >= 0.6 is 15.9 Å². The van der Waals surface area contributed by atoms with Crippen molar-refractivity contribution in [2.45, 2.75) is 19.6 Å². The summed E-state index contributed by atoms with van der Waals surface area (Å²) in [6.07, 6.45) is 0. The van der Waals surface area contributed by atoms with Crippen molar-refractivity contribution in [1.29, 1.82) is 0 Å². The zero-order chi connectivity index (χ0) is 15.4. The van der Waals surface area contributed by atoms with Crippen LogP contribution in [0.15, 0.2) is 40.9 Å². The van der Waals surface area contributed by atoms with E-state index in [4.69, 9.17) is 20.3 Å². The zero-order valence-corrected chi connectivity index (χ0v) is 13.6. The molecule has 2 aromatic carbocycles. The Labute approximate surface area is 132 Å². The van der Waals surface area contributed by atoms with Crippen molar-refractivity contribution in [2.75, 3.05) is 7.11 Å². The first-order chi connectivity index (χ1) is 10.0. The average Bonchev–Trinajstić information content (AvgIpc) is 2.49. The maximum absolute atomic E-state index is 9.15. The predicted molar refractivity (Wildman–Crippen MR) is 85.7 cm³/mol. The van der Waals surface area contributed by atoms with E-state index in [2.05, 4.69) is 15.9 Å². The Morgan fingerprint density at radius 1 is 1.14 bits per heavy atom. The number of aliphatic hydroxyl groups is 1. The van der Waals surface area contributed by atoms with Gasteiger partial charge in [0.1, 0.15) is 5.75 Å². The molecule has 0 unspecified atom stereocenters. The number of nitrogens with two attached hydrogens (primary N) is 1. The van der Waals surface area contributed by atoms with E-state index in [1.807, 2.05) is 25.1 Å². The lowest BCUT2D eigenvalue weighted by Gasteiger charge is -2.14. The van der Waals surface area contributed by atoms with Crippen LogP contribution in [0.25, 0.3) is 0 Å². The van der Waals surface area contributed by atoms with Crippen LogP contribution in [0.3, 0.4) is 0 Å². The molecule has 3 N–H and O–H groups in total. The number of halogens is 1. The Morgan fingerprint density at radius 2 is 1.86 bits per heavy atom. The molecule has 2 rings (SSSR count). The summed E-state index contributed by atoms with van der Waals surface area (Å²) in [5, 5.41) is 9.15. The summed E-state index contributed by atoms with van der Waals surface area (Å²) in [6.45, 7) is 1.89. The molecule has 0 aliphatic heterocycles. The minimum atomic E-state index is -0.0383. The maximum atomic E-state index is 9.15. The summed E-state index contributed by atoms with van der Waals surface area (Å²) in [7, 11) is 1.57. The molecule has 5 heteroatoms. The minimum Gasteiger partial charge on any atom is -0.493 e. The summed E-state index contributed by atoms with van der Waals surface area (Å²) in [6, 6.07) is 11.0. The minimum absolute atomic E-state index is 0.0336. The van der Waals surface area contributed by atoms with Gasteiger partial charge in [0.05, 0.1) is 18.2 Å². The SMILES string of the molecule is COc1cc(CO)ccc1Oc1ccc([C@@H](C)N)cc1Br. The second-order valence-corrected chi connectivity index (χ2v) is 5.58. The van der Waals surface area contributed by atoms with Gasteiger partial charge in [-0.1, -0.05) is 12.1 Å². The fraction of sp³-hybridized carbons (Fsp3) is 0.250. The second kappa shape index (κ2) is 6.93. The molecule has 0 aliphatic carbocycles. The lowest BCUT2D eigenvalue weighted by Crippen LogP contribution is -2.04. The van der Waals surface area contributed by atoms with Crippen molar-refractivity contribution in [3.05, 3.63) is 52.0 Å². The summed E-state index contributed by atoms with van der Waals surface area (Å²) >= 11 is 3.49. The number of rotatable bonds is 5. The Kier molecular flexibility index (Phi) is 5.22. The third-order valence-electron chi connectivity index (χ3n) is 3.11. The van der Waals surface area contributed by atoms with Gasteiger partial charge < -0.3 is 20.3 Å². The smallest absolute Gasteiger partial charge is 0.169 e. The van der Waals surface area contributed by atoms with E-state index in [1.54, 1.807) is 25.3 Å². The molecule has 0 bridgehead atoms. The van der Waals surface area contributed by atoms with Crippen LogP contribution in [0, 0.1) is 0 Å². The standard InChI is InChI=1S/C16H18BrNO3/c1-10(18)12-4-6-14(13(17)8-12)21-15-5-3-11(9-19)7-16(15)20-2/h3-8,10,19H,9,18H2,1-2H3/t10-/m1/s1. The van der Waals surface area contributed by atoms with E-state index < -0.39 is 0 Å². The van der Waals surface area contributed by atoms with E-state index in [1.165, 1.54) is 0 Å². The fourth-order valence-corrected chi connectivity index (χ4v) is 2.37. The van der Waals surface area contributed by atoms with E-state index in [-0.39, 0.29) is 12.6 Å². The van der Waals surface area contributed by atoms with Gasteiger partial charge in [-0.3, -0.25) is 0 Å². The number of ether oxygens (including phenoxy) is 2. The molecule has 112 valence electrons. The van der Waals surface area contributed by atoms with Crippen LogP contribution < -0.4 is 15.2 Å². The van der Waals surface area contributed by atoms with Gasteiger partial charge in [-0.05, 0) is 58.2 Å². The normalized spacial score (nSPS) is 12.0. The summed E-state index contributed by atoms with van der Waals surface area (Å²) in [5.74, 6) is 1.84. The number of benzene rings is 2. The lowest BCUT2D eigenvalue weighted by atomic mass is 10.1. The first-order valence-electron chi connectivity index (χ1n) is 6.55. The van der Waals surface area contributed by atoms with Gasteiger partial charge in [-0.15, -0.1) is 0 Å². The molecular formula is C16H18BrNO3. The first kappa shape index (κ1) is 15.8. The zero-order valence-electron chi connectivity index (χ0n) is 12.0. The molecule has 0 aliphatic rings. The van der Waals surface area contributed by atoms with Gasteiger partial charge in [0.25, 0.3) is 0 Å². The molecule has 0 radical (unpaired) electrons. The van der Waals surface area contributed by atoms with Crippen LogP contribution in [0.2, 0.25) is 0 Å². The molecule has 0 fully saturated rings. The molecule has 4 nitrogen and oxygen atoms in total. The molecule has 21 heavy (non-hydrogen) atoms. The van der Waals surface area contributed by atoms with Crippen molar-refractivity contribution in [2.24, 2.45) is 5.73 Å². The lowest BCUT2D eigenvalue weighted by molar-refractivity contribution is 0.280. The summed E-state index contributed by atoms with van der Waals surface area (Å²) in [5.41, 5.74) is 7.65. The molecule has 1 atom stereocenters. The van der Waals surface area contributed by atoms with Gasteiger partial charge in [-0.2, -0.15) is 0 Å². The largest absolute Gasteiger partial charge is 0.493 e. The van der Waals surface area contributed by atoms with Gasteiger partial charge >= 0.3 is 0 Å². The Morgan fingerprint density at radius 3 is 2.43 bits per heavy atom. The number of hydrogen-bond acceptors (Lipinski definition) is 4. The summed E-state index contributed by atoms with van der Waals surface area (Å²) < 4.78 is 12.0. The number of hydrogen-bond donors (Lipinski definition) is 2. The highest BCUT2D eigenvalue weighted by molar-refractivity contribution is 9.10. The molecule has 2 aromatic rings. The van der Waals surface area contributed by atoms with Gasteiger partial charge in [-0.25, -0.2) is 0 Å². The highest BCUT2D eigenvalue weighted by Gasteiger charge is 2.10. The number of methoxy groups -OCH3 is 1. The van der Waals surface area contributed by atoms with Crippen LogP contribution in [0.4, 0.5) is 0 Å². The van der Waals surface area contributed by atoms with Gasteiger partial charge in [0.15, 0.2) is 11.5 Å². The molecule has 0 saturated heterocycles. The second-order valence-electron chi connectivity index (χ2n) is 4.72. The molecule has 0 saturated carbocycles. The van der Waals surface area contributed by atoms with Crippen LogP contribution in [-0.2, 0) is 6.61 Å². The van der Waals surface area contributed by atoms with E-state index in [0.717, 1.165) is 15.6 Å². The van der Waals surface area contributed by atoms with Crippen LogP contribution in [-0.4, -0.2) is 12.2 Å². The van der Waals surface area contributed by atoms with Gasteiger partial charge in [0.2, 0.25) is 0 Å². The average molecular weight is 352 g/mol. The van der Waals surface area contributed by atoms with Crippen LogP contribution in [0.1, 0.15) is 24.1 Å². The van der Waals surface area contributed by atoms with Crippen LogP contribution in [0.5, 0.6) is 17.2 Å². The molecule has 0 spiro atoms. The summed E-state index contributed by atoms with van der Waals surface area (Å²) in [4.78, 5) is 0. The Hall–Kier alpha value is -1.56. The topological polar surface area (TPSA) is 64.7 Å². The van der Waals surface area contributed by atoms with E-state index in [9.17, 15) is 0 Å². The quantitative estimate of drug-likeness (QED) is 0.860. The van der Waals surface area contributed by atoms with Gasteiger partial charge in [0, 0.05) is 6.04 Å². The first-order valence-corrected chi connectivity index (χ1v) is 7.35. The van der Waals surface area contributed by atoms with Crippen molar-refractivity contribution in [1.82, 2.24) is 0 Å². The monoisotopic (exact) mass is 351 g/mol. The molecule has 0 aromatic heterocycles. The van der Waals surface area contributed by atoms with Crippen molar-refractivity contribution in [3.8, 4) is 17.2 Å². The van der Waals surface area contributed by atoms with Crippen molar-refractivity contribution < 1.29 is 14.6 Å². The third-order valence-corrected chi connectivity index (χ3v) is 3.73. The highest BCUT2D eigenvalue weighted by atomic mass is 79.9. The number of aliphatic hydroxyl groups excluding tert-OH is 1. The third kappa shape index (κ3) is 3.75. The van der Waals surface area contributed by atoms with E-state index >= 15 is 0 Å². The molecule has 0 heterocycles. The van der Waals surface area contributed by atoms with Crippen molar-refractivity contribution in [3.63, 3.8) is 0 Å². The molecule has 0 amide bonds. The predicted octanol–water partition coefficient (Wildman–Crippen LogP) is 3.76. The van der Waals surface area contributed by atoms with Crippen molar-refractivity contribution >= 4 is 15.9 Å².